The molecule has 0 saturated carbocycles. The molecule has 3 nitrogen and oxygen atoms in total. The molecule has 0 unspecified atom stereocenters. The van der Waals surface area contributed by atoms with Crippen LogP contribution in [-0.2, 0) is 9.63 Å². The van der Waals surface area contributed by atoms with Gasteiger partial charge in [0.05, 0.1) is 18.2 Å². The van der Waals surface area contributed by atoms with E-state index in [1.807, 2.05) is 51.1 Å². The fourth-order valence-corrected chi connectivity index (χ4v) is 2.23. The highest BCUT2D eigenvalue weighted by atomic mass is 16.7. The Morgan fingerprint density at radius 3 is 2.24 bits per heavy atom. The lowest BCUT2D eigenvalue weighted by Gasteiger charge is -2.30. The highest BCUT2D eigenvalue weighted by Gasteiger charge is 2.44. The summed E-state index contributed by atoms with van der Waals surface area (Å²) in [6.07, 6.45) is 0. The first-order valence-electron chi connectivity index (χ1n) is 5.65. The average molecular weight is 231 g/mol. The summed E-state index contributed by atoms with van der Waals surface area (Å²) >= 11 is 0. The summed E-state index contributed by atoms with van der Waals surface area (Å²) in [6, 6.07) is 9.71. The molecule has 1 aromatic rings. The van der Waals surface area contributed by atoms with Gasteiger partial charge in [-0.05, 0) is 31.9 Å². The summed E-state index contributed by atoms with van der Waals surface area (Å²) < 4.78 is 0. The molecular weight excluding hydrogens is 214 g/mol. The SMILES string of the molecule is CON1C(=O)C(c2ccccc2)=C(C)C1(C)C. The van der Waals surface area contributed by atoms with Gasteiger partial charge in [-0.2, -0.15) is 0 Å². The van der Waals surface area contributed by atoms with Crippen LogP contribution in [0.25, 0.3) is 5.57 Å². The quantitative estimate of drug-likeness (QED) is 0.783. The molecule has 0 saturated heterocycles. The van der Waals surface area contributed by atoms with Gasteiger partial charge in [-0.25, -0.2) is 5.06 Å². The number of hydroxylamine groups is 2. The molecule has 0 aromatic heterocycles. The van der Waals surface area contributed by atoms with Crippen LogP contribution in [0, 0.1) is 0 Å². The Morgan fingerprint density at radius 2 is 1.76 bits per heavy atom. The number of hydrogen-bond donors (Lipinski definition) is 0. The molecular formula is C14H17NO2. The molecule has 0 fully saturated rings. The second kappa shape index (κ2) is 4.00. The number of benzene rings is 1. The minimum Gasteiger partial charge on any atom is -0.273 e. The molecule has 90 valence electrons. The van der Waals surface area contributed by atoms with Crippen LogP contribution >= 0.6 is 0 Å². The largest absolute Gasteiger partial charge is 0.278 e. The van der Waals surface area contributed by atoms with Crippen molar-refractivity contribution in [3.05, 3.63) is 41.5 Å². The van der Waals surface area contributed by atoms with Gasteiger partial charge in [0.25, 0.3) is 5.91 Å². The first kappa shape index (κ1) is 11.9. The smallest absolute Gasteiger partial charge is 0.273 e. The van der Waals surface area contributed by atoms with E-state index in [1.165, 1.54) is 12.2 Å². The van der Waals surface area contributed by atoms with E-state index < -0.39 is 5.54 Å². The van der Waals surface area contributed by atoms with Crippen molar-refractivity contribution in [2.24, 2.45) is 0 Å². The van der Waals surface area contributed by atoms with Crippen molar-refractivity contribution < 1.29 is 9.63 Å². The second-order valence-corrected chi connectivity index (χ2v) is 4.71. The third kappa shape index (κ3) is 1.67. The fourth-order valence-electron chi connectivity index (χ4n) is 2.23. The monoisotopic (exact) mass is 231 g/mol. The number of nitrogens with zero attached hydrogens (tertiary/aromatic N) is 1. The van der Waals surface area contributed by atoms with E-state index >= 15 is 0 Å². The number of carbonyl (C=O) groups excluding carboxylic acids is 1. The van der Waals surface area contributed by atoms with E-state index in [9.17, 15) is 4.79 Å². The van der Waals surface area contributed by atoms with Gasteiger partial charge >= 0.3 is 0 Å². The van der Waals surface area contributed by atoms with Crippen LogP contribution in [-0.4, -0.2) is 23.6 Å². The van der Waals surface area contributed by atoms with Crippen LogP contribution in [0.15, 0.2) is 35.9 Å². The minimum atomic E-state index is -0.392. The van der Waals surface area contributed by atoms with E-state index in [4.69, 9.17) is 4.84 Å². The molecule has 1 heterocycles. The van der Waals surface area contributed by atoms with Crippen molar-refractivity contribution in [3.8, 4) is 0 Å². The van der Waals surface area contributed by atoms with Gasteiger partial charge in [-0.15, -0.1) is 0 Å². The molecule has 1 aliphatic heterocycles. The van der Waals surface area contributed by atoms with Crippen molar-refractivity contribution in [3.63, 3.8) is 0 Å². The van der Waals surface area contributed by atoms with Gasteiger partial charge in [0.15, 0.2) is 0 Å². The average Bonchev–Trinajstić information content (AvgIpc) is 2.47. The number of rotatable bonds is 2. The van der Waals surface area contributed by atoms with Gasteiger partial charge < -0.3 is 0 Å². The van der Waals surface area contributed by atoms with Crippen molar-refractivity contribution in [1.29, 1.82) is 0 Å². The summed E-state index contributed by atoms with van der Waals surface area (Å²) in [7, 11) is 1.53. The zero-order chi connectivity index (χ0) is 12.6. The van der Waals surface area contributed by atoms with Gasteiger partial charge in [0, 0.05) is 0 Å². The van der Waals surface area contributed by atoms with Gasteiger partial charge in [-0.3, -0.25) is 9.63 Å². The Kier molecular flexibility index (Phi) is 2.79. The Hall–Kier alpha value is -1.61. The van der Waals surface area contributed by atoms with Crippen LogP contribution in [0.4, 0.5) is 0 Å². The molecule has 2 rings (SSSR count). The maximum absolute atomic E-state index is 12.3. The molecule has 0 radical (unpaired) electrons. The maximum atomic E-state index is 12.3. The molecule has 1 amide bonds. The predicted molar refractivity (Wildman–Crippen MR) is 67.0 cm³/mol. The van der Waals surface area contributed by atoms with Crippen LogP contribution in [0.2, 0.25) is 0 Å². The fraction of sp³-hybridized carbons (Fsp3) is 0.357. The van der Waals surface area contributed by atoms with E-state index in [1.54, 1.807) is 0 Å². The summed E-state index contributed by atoms with van der Waals surface area (Å²) in [5.74, 6) is -0.0683. The van der Waals surface area contributed by atoms with E-state index in [0.717, 1.165) is 16.7 Å². The Labute approximate surface area is 102 Å². The zero-order valence-electron chi connectivity index (χ0n) is 10.7. The first-order chi connectivity index (χ1) is 8.00. The van der Waals surface area contributed by atoms with Crippen LogP contribution < -0.4 is 0 Å². The Balaban J connectivity index is 2.55. The summed E-state index contributed by atoms with van der Waals surface area (Å²) in [6.45, 7) is 5.96. The predicted octanol–water partition coefficient (Wildman–Crippen LogP) is 2.64. The molecule has 1 aromatic carbocycles. The first-order valence-corrected chi connectivity index (χ1v) is 5.65. The number of carbonyl (C=O) groups is 1. The minimum absolute atomic E-state index is 0.0683. The molecule has 0 N–H and O–H groups in total. The lowest BCUT2D eigenvalue weighted by molar-refractivity contribution is -0.186. The third-order valence-electron chi connectivity index (χ3n) is 3.44. The molecule has 0 aliphatic carbocycles. The highest BCUT2D eigenvalue weighted by Crippen LogP contribution is 2.39. The molecule has 0 bridgehead atoms. The third-order valence-corrected chi connectivity index (χ3v) is 3.44. The van der Waals surface area contributed by atoms with Crippen molar-refractivity contribution in [2.75, 3.05) is 7.11 Å². The van der Waals surface area contributed by atoms with E-state index in [-0.39, 0.29) is 5.91 Å². The number of amides is 1. The van der Waals surface area contributed by atoms with Crippen LogP contribution in [0.1, 0.15) is 26.3 Å². The van der Waals surface area contributed by atoms with Crippen molar-refractivity contribution >= 4 is 11.5 Å². The van der Waals surface area contributed by atoms with Crippen molar-refractivity contribution in [2.45, 2.75) is 26.3 Å². The maximum Gasteiger partial charge on any atom is 0.278 e. The van der Waals surface area contributed by atoms with E-state index in [2.05, 4.69) is 0 Å². The zero-order valence-corrected chi connectivity index (χ0v) is 10.7. The normalized spacial score (nSPS) is 19.1. The molecule has 0 atom stereocenters. The Bertz CT molecular complexity index is 474. The Morgan fingerprint density at radius 1 is 1.18 bits per heavy atom. The van der Waals surface area contributed by atoms with Gasteiger partial charge in [0.2, 0.25) is 0 Å². The lowest BCUT2D eigenvalue weighted by atomic mass is 9.93. The molecule has 1 aliphatic rings. The van der Waals surface area contributed by atoms with Gasteiger partial charge in [-0.1, -0.05) is 30.3 Å². The second-order valence-electron chi connectivity index (χ2n) is 4.71. The molecule has 3 heteroatoms. The van der Waals surface area contributed by atoms with Gasteiger partial charge in [0.1, 0.15) is 0 Å². The standard InChI is InChI=1S/C14H17NO2/c1-10-12(11-8-6-5-7-9-11)13(16)15(17-4)14(10,2)3/h5-9H,1-4H3. The summed E-state index contributed by atoms with van der Waals surface area (Å²) in [5, 5.41) is 1.44. The van der Waals surface area contributed by atoms with Crippen molar-refractivity contribution in [1.82, 2.24) is 5.06 Å². The summed E-state index contributed by atoms with van der Waals surface area (Å²) in [5.41, 5.74) is 2.34. The summed E-state index contributed by atoms with van der Waals surface area (Å²) in [4.78, 5) is 17.5. The van der Waals surface area contributed by atoms with Crippen LogP contribution in [0.5, 0.6) is 0 Å². The van der Waals surface area contributed by atoms with Crippen LogP contribution in [0.3, 0.4) is 0 Å². The number of hydrogen-bond acceptors (Lipinski definition) is 2. The highest BCUT2D eigenvalue weighted by molar-refractivity contribution is 6.23. The molecule has 17 heavy (non-hydrogen) atoms. The van der Waals surface area contributed by atoms with E-state index in [0.29, 0.717) is 0 Å². The molecule has 0 spiro atoms. The topological polar surface area (TPSA) is 29.5 Å². The lowest BCUT2D eigenvalue weighted by Crippen LogP contribution is -2.42.